The van der Waals surface area contributed by atoms with Gasteiger partial charge in [-0.3, -0.25) is 24.0 Å². The first-order chi connectivity index (χ1) is 21.1. The predicted molar refractivity (Wildman–Crippen MR) is 166 cm³/mol. The first-order valence-electron chi connectivity index (χ1n) is 16.2. The second-order valence-corrected chi connectivity index (χ2v) is 12.2. The molecular weight excluding hydrogens is 562 g/mol. The summed E-state index contributed by atoms with van der Waals surface area (Å²) in [5.74, 6) is -1.65. The lowest BCUT2D eigenvalue weighted by atomic mass is 9.93. The van der Waals surface area contributed by atoms with Crippen molar-refractivity contribution in [3.05, 3.63) is 36.0 Å². The van der Waals surface area contributed by atoms with Crippen molar-refractivity contribution < 1.29 is 29.2 Å². The summed E-state index contributed by atoms with van der Waals surface area (Å²) in [6.07, 6.45) is 7.57. The Bertz CT molecular complexity index is 1360. The van der Waals surface area contributed by atoms with Crippen molar-refractivity contribution in [2.24, 2.45) is 5.92 Å². The third kappa shape index (κ3) is 7.78. The zero-order valence-electron chi connectivity index (χ0n) is 26.1. The largest absolute Gasteiger partial charge is 0.428 e. The van der Waals surface area contributed by atoms with Crippen LogP contribution < -0.4 is 16.0 Å². The molecule has 0 bridgehead atoms. The van der Waals surface area contributed by atoms with Gasteiger partial charge in [0.15, 0.2) is 0 Å². The van der Waals surface area contributed by atoms with E-state index >= 15 is 0 Å². The average Bonchev–Trinajstić information content (AvgIpc) is 3.35. The van der Waals surface area contributed by atoms with Crippen molar-refractivity contribution in [1.82, 2.24) is 25.6 Å². The number of hydrogen-bond acceptors (Lipinski definition) is 6. The standard InChI is InChI=1S/C33H47N5O6/c1-4-21(3)29-33(43)37-18-12-11-17-28(37)32(42)34-25(15-8-6-7-13-23(39)5-2)30(40)35-26(31(41)36-29)19-22-20-38(44)27-16-10-9-14-24(22)27/h9-10,14,16,20-21,25-26,28-29,44H,4-8,11-13,15,17-19H2,1-3H3,(H,34,42)(H,35,40)(H,36,41). The Hall–Kier alpha value is -3.89. The normalized spacial score (nSPS) is 24.0. The van der Waals surface area contributed by atoms with Gasteiger partial charge in [-0.15, -0.1) is 0 Å². The summed E-state index contributed by atoms with van der Waals surface area (Å²) in [5, 5.41) is 19.9. The van der Waals surface area contributed by atoms with Crippen LogP contribution >= 0.6 is 0 Å². The van der Waals surface area contributed by atoms with Gasteiger partial charge >= 0.3 is 0 Å². The highest BCUT2D eigenvalue weighted by Gasteiger charge is 2.40. The minimum atomic E-state index is -1.06. The molecule has 3 heterocycles. The number of benzene rings is 1. The molecule has 5 unspecified atom stereocenters. The maximum absolute atomic E-state index is 14.0. The molecule has 1 aromatic carbocycles. The fourth-order valence-corrected chi connectivity index (χ4v) is 6.24. The Kier molecular flexibility index (Phi) is 11.4. The van der Waals surface area contributed by atoms with Crippen LogP contribution in [0.5, 0.6) is 0 Å². The van der Waals surface area contributed by atoms with Crippen molar-refractivity contribution in [2.45, 2.75) is 116 Å². The Morgan fingerprint density at radius 3 is 2.43 bits per heavy atom. The van der Waals surface area contributed by atoms with Gasteiger partial charge in [-0.25, -0.2) is 0 Å². The Morgan fingerprint density at radius 1 is 0.955 bits per heavy atom. The second kappa shape index (κ2) is 15.2. The molecule has 11 heteroatoms. The number of carbonyl (C=O) groups is 5. The van der Waals surface area contributed by atoms with Crippen LogP contribution in [-0.2, 0) is 30.4 Å². The number of piperidine rings is 1. The molecule has 240 valence electrons. The van der Waals surface area contributed by atoms with Crippen molar-refractivity contribution in [2.75, 3.05) is 6.54 Å². The quantitative estimate of drug-likeness (QED) is 0.227. The minimum Gasteiger partial charge on any atom is -0.428 e. The van der Waals surface area contributed by atoms with Crippen LogP contribution in [0.4, 0.5) is 0 Å². The van der Waals surface area contributed by atoms with Gasteiger partial charge in [0.2, 0.25) is 23.6 Å². The van der Waals surface area contributed by atoms with Crippen LogP contribution in [-0.4, -0.2) is 75.0 Å². The van der Waals surface area contributed by atoms with Crippen molar-refractivity contribution >= 4 is 40.3 Å². The highest BCUT2D eigenvalue weighted by molar-refractivity contribution is 5.98. The molecule has 44 heavy (non-hydrogen) atoms. The van der Waals surface area contributed by atoms with Crippen molar-refractivity contribution in [3.8, 4) is 0 Å². The van der Waals surface area contributed by atoms with Crippen LogP contribution in [0.2, 0.25) is 0 Å². The van der Waals surface area contributed by atoms with E-state index in [4.69, 9.17) is 0 Å². The lowest BCUT2D eigenvalue weighted by Crippen LogP contribution is -2.64. The Labute approximate surface area is 259 Å². The van der Waals surface area contributed by atoms with E-state index in [-0.39, 0.29) is 29.9 Å². The van der Waals surface area contributed by atoms with Gasteiger partial charge in [-0.1, -0.05) is 58.2 Å². The summed E-state index contributed by atoms with van der Waals surface area (Å²) < 4.78 is 0.994. The van der Waals surface area contributed by atoms with Crippen LogP contribution in [0.25, 0.3) is 10.9 Å². The zero-order valence-corrected chi connectivity index (χ0v) is 26.1. The molecule has 4 amide bonds. The maximum atomic E-state index is 14.0. The van der Waals surface area contributed by atoms with E-state index in [1.54, 1.807) is 17.0 Å². The molecule has 2 aromatic rings. The molecular formula is C33H47N5O6. The minimum absolute atomic E-state index is 0.0686. The van der Waals surface area contributed by atoms with E-state index in [1.165, 1.54) is 6.20 Å². The number of amides is 4. The SMILES string of the molecule is CCC(=O)CCCCCC1NC(=O)C2CCCCN2C(=O)C(C(C)CC)NC(=O)C(Cc2cn(O)c3ccccc23)NC1=O. The van der Waals surface area contributed by atoms with Gasteiger partial charge in [0, 0.05) is 37.4 Å². The summed E-state index contributed by atoms with van der Waals surface area (Å²) in [5.41, 5.74) is 1.22. The van der Waals surface area contributed by atoms with Gasteiger partial charge in [0.05, 0.1) is 5.52 Å². The van der Waals surface area contributed by atoms with E-state index in [0.717, 1.165) is 29.4 Å². The van der Waals surface area contributed by atoms with Crippen LogP contribution in [0.3, 0.4) is 0 Å². The molecule has 2 fully saturated rings. The Balaban J connectivity index is 1.65. The van der Waals surface area contributed by atoms with E-state index in [9.17, 15) is 29.2 Å². The van der Waals surface area contributed by atoms with Crippen LogP contribution in [0, 0.1) is 5.92 Å². The molecule has 0 saturated carbocycles. The second-order valence-electron chi connectivity index (χ2n) is 12.2. The monoisotopic (exact) mass is 609 g/mol. The summed E-state index contributed by atoms with van der Waals surface area (Å²) in [7, 11) is 0. The molecule has 2 saturated heterocycles. The molecule has 0 radical (unpaired) electrons. The van der Waals surface area contributed by atoms with E-state index in [2.05, 4.69) is 16.0 Å². The van der Waals surface area contributed by atoms with Gasteiger partial charge < -0.3 is 26.1 Å². The number of nitrogens with zero attached hydrogens (tertiary/aromatic N) is 2. The highest BCUT2D eigenvalue weighted by atomic mass is 16.5. The van der Waals surface area contributed by atoms with Gasteiger partial charge in [0.1, 0.15) is 30.0 Å². The number of nitrogens with one attached hydrogen (secondary N) is 3. The number of unbranched alkanes of at least 4 members (excludes halogenated alkanes) is 2. The lowest BCUT2D eigenvalue weighted by Gasteiger charge is -2.39. The van der Waals surface area contributed by atoms with Crippen molar-refractivity contribution in [1.29, 1.82) is 0 Å². The number of para-hydroxylation sites is 1. The van der Waals surface area contributed by atoms with Gasteiger partial charge in [-0.2, -0.15) is 4.73 Å². The molecule has 4 rings (SSSR count). The zero-order chi connectivity index (χ0) is 31.8. The fraction of sp³-hybridized carbons (Fsp3) is 0.606. The average molecular weight is 610 g/mol. The molecule has 4 N–H and O–H groups in total. The van der Waals surface area contributed by atoms with E-state index in [1.807, 2.05) is 32.9 Å². The van der Waals surface area contributed by atoms with Crippen LogP contribution in [0.15, 0.2) is 30.5 Å². The van der Waals surface area contributed by atoms with Crippen molar-refractivity contribution in [3.63, 3.8) is 0 Å². The summed E-state index contributed by atoms with van der Waals surface area (Å²) in [6, 6.07) is 3.66. The molecule has 5 atom stereocenters. The molecule has 0 spiro atoms. The van der Waals surface area contributed by atoms with Crippen LogP contribution in [0.1, 0.15) is 90.5 Å². The number of rotatable bonds is 11. The topological polar surface area (TPSA) is 150 Å². The number of hydrogen-bond donors (Lipinski definition) is 4. The highest BCUT2D eigenvalue weighted by Crippen LogP contribution is 2.24. The third-order valence-corrected chi connectivity index (χ3v) is 9.17. The molecule has 2 aliphatic heterocycles. The third-order valence-electron chi connectivity index (χ3n) is 9.17. The molecule has 0 aliphatic carbocycles. The number of ketones is 1. The van der Waals surface area contributed by atoms with Gasteiger partial charge in [-0.05, 0) is 49.7 Å². The maximum Gasteiger partial charge on any atom is 0.246 e. The summed E-state index contributed by atoms with van der Waals surface area (Å²) in [4.78, 5) is 68.7. The number of aromatic nitrogens is 1. The van der Waals surface area contributed by atoms with Gasteiger partial charge in [0.25, 0.3) is 0 Å². The van der Waals surface area contributed by atoms with E-state index < -0.39 is 36.0 Å². The number of fused-ring (bicyclic) bond motifs is 2. The lowest BCUT2D eigenvalue weighted by molar-refractivity contribution is -0.147. The fourth-order valence-electron chi connectivity index (χ4n) is 6.24. The smallest absolute Gasteiger partial charge is 0.246 e. The number of carbonyl (C=O) groups excluding carboxylic acids is 5. The predicted octanol–water partition coefficient (Wildman–Crippen LogP) is 3.25. The van der Waals surface area contributed by atoms with E-state index in [0.29, 0.717) is 62.6 Å². The molecule has 1 aromatic heterocycles. The Morgan fingerprint density at radius 2 is 1.68 bits per heavy atom. The summed E-state index contributed by atoms with van der Waals surface area (Å²) in [6.45, 7) is 6.08. The first-order valence-corrected chi connectivity index (χ1v) is 16.2. The number of Topliss-reactive ketones (excluding diaryl/α,β-unsaturated/α-hetero) is 1. The summed E-state index contributed by atoms with van der Waals surface area (Å²) >= 11 is 0. The molecule has 11 nitrogen and oxygen atoms in total. The molecule has 2 aliphatic rings. The first kappa shape index (κ1) is 33.0.